The van der Waals surface area contributed by atoms with Crippen molar-refractivity contribution in [2.45, 2.75) is 32.9 Å². The Morgan fingerprint density at radius 2 is 1.89 bits per heavy atom. The second-order valence-electron chi connectivity index (χ2n) is 5.64. The molecule has 0 amide bonds. The monoisotopic (exact) mass is 264 g/mol. The van der Waals surface area contributed by atoms with Crippen molar-refractivity contribution < 1.29 is 0 Å². The van der Waals surface area contributed by atoms with Crippen LogP contribution in [0.3, 0.4) is 0 Å². The van der Waals surface area contributed by atoms with Gasteiger partial charge in [0.2, 0.25) is 0 Å². The van der Waals surface area contributed by atoms with Crippen LogP contribution in [0.2, 0.25) is 0 Å². The molecule has 0 aliphatic rings. The summed E-state index contributed by atoms with van der Waals surface area (Å²) < 4.78 is 0. The summed E-state index contributed by atoms with van der Waals surface area (Å²) in [4.78, 5) is 8.95. The molecule has 4 heteroatoms. The van der Waals surface area contributed by atoms with Crippen molar-refractivity contribution in [1.82, 2.24) is 15.2 Å². The zero-order valence-electron chi connectivity index (χ0n) is 13.0. The van der Waals surface area contributed by atoms with Gasteiger partial charge in [0, 0.05) is 32.4 Å². The molecule has 0 saturated heterocycles. The third-order valence-electron chi connectivity index (χ3n) is 3.01. The molecule has 0 spiro atoms. The maximum atomic E-state index is 4.53. The largest absolute Gasteiger partial charge is 0.360 e. The number of nitrogens with zero attached hydrogens (tertiary/aromatic N) is 3. The molecule has 0 fully saturated rings. The number of anilines is 1. The van der Waals surface area contributed by atoms with Crippen molar-refractivity contribution in [2.24, 2.45) is 0 Å². The van der Waals surface area contributed by atoms with E-state index in [4.69, 9.17) is 0 Å². The fraction of sp³-hybridized carbons (Fsp3) is 0.667. The highest BCUT2D eigenvalue weighted by Crippen LogP contribution is 2.10. The summed E-state index contributed by atoms with van der Waals surface area (Å²) in [5, 5.41) is 3.40. The SMILES string of the molecule is CC(C)NCc1ccc(N(C)CCCN(C)C)nc1. The molecule has 0 bridgehead atoms. The summed E-state index contributed by atoms with van der Waals surface area (Å²) in [6.07, 6.45) is 3.12. The van der Waals surface area contributed by atoms with E-state index in [0.29, 0.717) is 6.04 Å². The lowest BCUT2D eigenvalue weighted by Crippen LogP contribution is -2.24. The third kappa shape index (κ3) is 6.55. The Kier molecular flexibility index (Phi) is 6.81. The molecule has 1 aromatic heterocycles. The lowest BCUT2D eigenvalue weighted by molar-refractivity contribution is 0.401. The van der Waals surface area contributed by atoms with Gasteiger partial charge in [0.25, 0.3) is 0 Å². The maximum Gasteiger partial charge on any atom is 0.128 e. The lowest BCUT2D eigenvalue weighted by Gasteiger charge is -2.19. The Bertz CT molecular complexity index is 346. The van der Waals surface area contributed by atoms with E-state index in [1.807, 2.05) is 6.20 Å². The third-order valence-corrected chi connectivity index (χ3v) is 3.01. The molecule has 0 aliphatic carbocycles. The van der Waals surface area contributed by atoms with Crippen LogP contribution in [-0.2, 0) is 6.54 Å². The first-order valence-electron chi connectivity index (χ1n) is 7.03. The summed E-state index contributed by atoms with van der Waals surface area (Å²) in [5.74, 6) is 1.05. The van der Waals surface area contributed by atoms with Crippen molar-refractivity contribution in [2.75, 3.05) is 39.1 Å². The smallest absolute Gasteiger partial charge is 0.128 e. The van der Waals surface area contributed by atoms with Gasteiger partial charge >= 0.3 is 0 Å². The Balaban J connectivity index is 2.41. The molecule has 0 radical (unpaired) electrons. The predicted molar refractivity (Wildman–Crippen MR) is 82.7 cm³/mol. The zero-order valence-corrected chi connectivity index (χ0v) is 13.0. The zero-order chi connectivity index (χ0) is 14.3. The quantitative estimate of drug-likeness (QED) is 0.778. The van der Waals surface area contributed by atoms with Gasteiger partial charge in [0.15, 0.2) is 0 Å². The van der Waals surface area contributed by atoms with Gasteiger partial charge in [0.05, 0.1) is 0 Å². The molecule has 0 aromatic carbocycles. The molecule has 1 aromatic rings. The van der Waals surface area contributed by atoms with Gasteiger partial charge in [0.1, 0.15) is 5.82 Å². The van der Waals surface area contributed by atoms with Gasteiger partial charge in [-0.15, -0.1) is 0 Å². The van der Waals surface area contributed by atoms with Crippen LogP contribution in [-0.4, -0.2) is 50.2 Å². The van der Waals surface area contributed by atoms with E-state index >= 15 is 0 Å². The van der Waals surface area contributed by atoms with Crippen LogP contribution < -0.4 is 10.2 Å². The summed E-state index contributed by atoms with van der Waals surface area (Å²) >= 11 is 0. The van der Waals surface area contributed by atoms with Crippen LogP contribution in [0.1, 0.15) is 25.8 Å². The highest BCUT2D eigenvalue weighted by atomic mass is 15.2. The number of pyridine rings is 1. The Hall–Kier alpha value is -1.13. The number of nitrogens with one attached hydrogen (secondary N) is 1. The van der Waals surface area contributed by atoms with E-state index in [0.717, 1.165) is 31.9 Å². The fourth-order valence-corrected chi connectivity index (χ4v) is 1.81. The van der Waals surface area contributed by atoms with E-state index in [-0.39, 0.29) is 0 Å². The second kappa shape index (κ2) is 8.12. The van der Waals surface area contributed by atoms with Gasteiger partial charge in [-0.2, -0.15) is 0 Å². The van der Waals surface area contributed by atoms with E-state index < -0.39 is 0 Å². The first-order chi connectivity index (χ1) is 8.99. The van der Waals surface area contributed by atoms with Gasteiger partial charge < -0.3 is 15.1 Å². The van der Waals surface area contributed by atoms with Crippen LogP contribution in [0, 0.1) is 0 Å². The van der Waals surface area contributed by atoms with Crippen molar-refractivity contribution in [3.8, 4) is 0 Å². The average Bonchev–Trinajstić information content (AvgIpc) is 2.36. The first kappa shape index (κ1) is 15.9. The van der Waals surface area contributed by atoms with Crippen LogP contribution in [0.25, 0.3) is 0 Å². The number of aromatic nitrogens is 1. The van der Waals surface area contributed by atoms with Gasteiger partial charge in [-0.3, -0.25) is 0 Å². The van der Waals surface area contributed by atoms with Crippen molar-refractivity contribution in [3.05, 3.63) is 23.9 Å². The second-order valence-corrected chi connectivity index (χ2v) is 5.64. The van der Waals surface area contributed by atoms with E-state index in [2.05, 4.69) is 67.2 Å². The predicted octanol–water partition coefficient (Wildman–Crippen LogP) is 1.97. The Morgan fingerprint density at radius 3 is 2.42 bits per heavy atom. The topological polar surface area (TPSA) is 31.4 Å². The molecule has 4 nitrogen and oxygen atoms in total. The normalized spacial score (nSPS) is 11.3. The fourth-order valence-electron chi connectivity index (χ4n) is 1.81. The number of hydrogen-bond acceptors (Lipinski definition) is 4. The van der Waals surface area contributed by atoms with Crippen molar-refractivity contribution in [3.63, 3.8) is 0 Å². The average molecular weight is 264 g/mol. The minimum Gasteiger partial charge on any atom is -0.360 e. The van der Waals surface area contributed by atoms with Gasteiger partial charge in [-0.1, -0.05) is 19.9 Å². The highest BCUT2D eigenvalue weighted by molar-refractivity contribution is 5.38. The lowest BCUT2D eigenvalue weighted by atomic mass is 10.2. The highest BCUT2D eigenvalue weighted by Gasteiger charge is 2.03. The summed E-state index contributed by atoms with van der Waals surface area (Å²) in [5.41, 5.74) is 1.24. The molecule has 0 atom stereocenters. The van der Waals surface area contributed by atoms with E-state index in [9.17, 15) is 0 Å². The summed E-state index contributed by atoms with van der Waals surface area (Å²) in [7, 11) is 6.31. The summed E-state index contributed by atoms with van der Waals surface area (Å²) in [6.45, 7) is 7.34. The molecule has 1 N–H and O–H groups in total. The van der Waals surface area contributed by atoms with Gasteiger partial charge in [-0.25, -0.2) is 4.98 Å². The number of rotatable bonds is 8. The molecule has 0 aliphatic heterocycles. The van der Waals surface area contributed by atoms with E-state index in [1.165, 1.54) is 5.56 Å². The van der Waals surface area contributed by atoms with E-state index in [1.54, 1.807) is 0 Å². The molecule has 19 heavy (non-hydrogen) atoms. The molecular formula is C15H28N4. The minimum absolute atomic E-state index is 0.508. The summed E-state index contributed by atoms with van der Waals surface area (Å²) in [6, 6.07) is 4.76. The van der Waals surface area contributed by atoms with Crippen LogP contribution in [0.15, 0.2) is 18.3 Å². The maximum absolute atomic E-state index is 4.53. The molecule has 1 heterocycles. The molecule has 108 valence electrons. The molecule has 1 rings (SSSR count). The Morgan fingerprint density at radius 1 is 1.16 bits per heavy atom. The van der Waals surface area contributed by atoms with Crippen molar-refractivity contribution >= 4 is 5.82 Å². The minimum atomic E-state index is 0.508. The molecule has 0 saturated carbocycles. The first-order valence-corrected chi connectivity index (χ1v) is 7.03. The van der Waals surface area contributed by atoms with Crippen LogP contribution >= 0.6 is 0 Å². The van der Waals surface area contributed by atoms with Crippen LogP contribution in [0.4, 0.5) is 5.82 Å². The number of hydrogen-bond donors (Lipinski definition) is 1. The van der Waals surface area contributed by atoms with Crippen molar-refractivity contribution in [1.29, 1.82) is 0 Å². The Labute approximate surface area is 117 Å². The molecular weight excluding hydrogens is 236 g/mol. The molecule has 0 unspecified atom stereocenters. The standard InChI is InChI=1S/C15H28N4/c1-13(2)16-11-14-7-8-15(17-12-14)19(5)10-6-9-18(3)4/h7-8,12-13,16H,6,9-11H2,1-5H3. The van der Waals surface area contributed by atoms with Gasteiger partial charge in [-0.05, 0) is 38.7 Å². The van der Waals surface area contributed by atoms with Crippen LogP contribution in [0.5, 0.6) is 0 Å².